The minimum absolute atomic E-state index is 0.0203. The molecule has 1 amide bonds. The van der Waals surface area contributed by atoms with Gasteiger partial charge in [0.15, 0.2) is 12.4 Å². The number of benzene rings is 1. The van der Waals surface area contributed by atoms with E-state index in [1.165, 1.54) is 15.6 Å². The summed E-state index contributed by atoms with van der Waals surface area (Å²) in [4.78, 5) is 33.9. The van der Waals surface area contributed by atoms with Gasteiger partial charge in [0.25, 0.3) is 11.9 Å². The number of carbonyl (C=O) groups is 2. The lowest BCUT2D eigenvalue weighted by Crippen LogP contribution is -2.23. The number of nitrogens with one attached hydrogen (secondary N) is 1. The van der Waals surface area contributed by atoms with Gasteiger partial charge in [0.1, 0.15) is 5.82 Å². The molecule has 0 unspecified atom stereocenters. The van der Waals surface area contributed by atoms with Crippen molar-refractivity contribution in [2.24, 2.45) is 0 Å². The van der Waals surface area contributed by atoms with Crippen LogP contribution in [0.15, 0.2) is 48.7 Å². The third kappa shape index (κ3) is 5.52. The predicted molar refractivity (Wildman–Crippen MR) is 127 cm³/mol. The highest BCUT2D eigenvalue weighted by atomic mass is 16.5. The number of hydrogen-bond acceptors (Lipinski definition) is 8. The van der Waals surface area contributed by atoms with E-state index >= 15 is 0 Å². The molecule has 0 aliphatic heterocycles. The van der Waals surface area contributed by atoms with Crippen molar-refractivity contribution >= 4 is 17.7 Å². The molecule has 0 atom stereocenters. The maximum absolute atomic E-state index is 12.7. The van der Waals surface area contributed by atoms with Gasteiger partial charge >= 0.3 is 5.97 Å². The van der Waals surface area contributed by atoms with Crippen molar-refractivity contribution in [1.82, 2.24) is 29.5 Å². The van der Waals surface area contributed by atoms with Crippen molar-refractivity contribution in [1.29, 1.82) is 0 Å². The Morgan fingerprint density at radius 1 is 0.971 bits per heavy atom. The molecule has 11 nitrogen and oxygen atoms in total. The van der Waals surface area contributed by atoms with Crippen molar-refractivity contribution in [3.8, 4) is 17.4 Å². The maximum atomic E-state index is 12.7. The summed E-state index contributed by atoms with van der Waals surface area (Å²) in [7, 11) is 0. The van der Waals surface area contributed by atoms with Crippen LogP contribution in [-0.2, 0) is 9.53 Å². The van der Waals surface area contributed by atoms with E-state index in [-0.39, 0.29) is 24.7 Å². The Labute approximate surface area is 201 Å². The van der Waals surface area contributed by atoms with Gasteiger partial charge in [-0.3, -0.25) is 4.79 Å². The summed E-state index contributed by atoms with van der Waals surface area (Å²) in [5.41, 5.74) is 2.95. The topological polar surface area (TPSA) is 126 Å². The molecule has 0 spiro atoms. The van der Waals surface area contributed by atoms with E-state index in [0.717, 1.165) is 17.1 Å². The van der Waals surface area contributed by atoms with E-state index in [9.17, 15) is 9.59 Å². The molecule has 3 aromatic heterocycles. The molecule has 180 valence electrons. The second kappa shape index (κ2) is 10.2. The zero-order chi connectivity index (χ0) is 24.9. The second-order valence-corrected chi connectivity index (χ2v) is 7.71. The number of para-hydroxylation sites is 1. The van der Waals surface area contributed by atoms with Crippen LogP contribution in [-0.4, -0.2) is 54.6 Å². The molecule has 4 aromatic rings. The van der Waals surface area contributed by atoms with Crippen LogP contribution in [0.5, 0.6) is 5.75 Å². The third-order valence-corrected chi connectivity index (χ3v) is 4.79. The normalized spacial score (nSPS) is 10.7. The summed E-state index contributed by atoms with van der Waals surface area (Å²) in [5, 5.41) is 11.4. The minimum Gasteiger partial charge on any atom is -0.480 e. The van der Waals surface area contributed by atoms with Crippen LogP contribution in [0.4, 0.5) is 5.82 Å². The molecule has 0 bridgehead atoms. The average molecular weight is 476 g/mol. The fourth-order valence-electron chi connectivity index (χ4n) is 3.38. The quantitative estimate of drug-likeness (QED) is 0.386. The van der Waals surface area contributed by atoms with Crippen LogP contribution in [0, 0.1) is 20.8 Å². The number of nitrogens with zero attached hydrogens (tertiary/aromatic N) is 6. The molecule has 0 aliphatic rings. The summed E-state index contributed by atoms with van der Waals surface area (Å²) in [6.07, 6.45) is 1.53. The van der Waals surface area contributed by atoms with E-state index < -0.39 is 11.9 Å². The molecule has 1 aromatic carbocycles. The van der Waals surface area contributed by atoms with Crippen LogP contribution in [0.3, 0.4) is 0 Å². The first-order valence-corrected chi connectivity index (χ1v) is 11.0. The summed E-state index contributed by atoms with van der Waals surface area (Å²) in [5.74, 6) is -0.229. The summed E-state index contributed by atoms with van der Waals surface area (Å²) >= 11 is 0. The molecular formula is C24H25N7O4. The first-order valence-electron chi connectivity index (χ1n) is 11.0. The lowest BCUT2D eigenvalue weighted by atomic mass is 10.3. The second-order valence-electron chi connectivity index (χ2n) is 7.71. The Balaban J connectivity index is 1.52. The Bertz CT molecular complexity index is 1340. The lowest BCUT2D eigenvalue weighted by molar-refractivity contribution is -0.118. The highest BCUT2D eigenvalue weighted by Crippen LogP contribution is 2.21. The molecular weight excluding hydrogens is 450 g/mol. The van der Waals surface area contributed by atoms with Crippen LogP contribution < -0.4 is 10.1 Å². The molecule has 35 heavy (non-hydrogen) atoms. The first-order chi connectivity index (χ1) is 16.8. The minimum atomic E-state index is -0.641. The van der Waals surface area contributed by atoms with E-state index in [1.54, 1.807) is 19.9 Å². The van der Waals surface area contributed by atoms with Crippen LogP contribution >= 0.6 is 0 Å². The molecule has 0 saturated carbocycles. The molecule has 11 heteroatoms. The number of carbonyl (C=O) groups excluding carboxylic acids is 2. The van der Waals surface area contributed by atoms with E-state index in [0.29, 0.717) is 17.5 Å². The lowest BCUT2D eigenvalue weighted by Gasteiger charge is -2.09. The van der Waals surface area contributed by atoms with Gasteiger partial charge in [-0.25, -0.2) is 19.4 Å². The van der Waals surface area contributed by atoms with Gasteiger partial charge in [-0.05, 0) is 45.9 Å². The molecule has 0 saturated heterocycles. The Morgan fingerprint density at radius 3 is 2.37 bits per heavy atom. The zero-order valence-electron chi connectivity index (χ0n) is 19.8. The number of aryl methyl sites for hydroxylation is 3. The Morgan fingerprint density at radius 2 is 1.69 bits per heavy atom. The molecule has 0 radical (unpaired) electrons. The number of esters is 1. The summed E-state index contributed by atoms with van der Waals surface area (Å²) in [6, 6.07) is 12.8. The molecule has 4 rings (SSSR count). The van der Waals surface area contributed by atoms with Gasteiger partial charge < -0.3 is 14.8 Å². The van der Waals surface area contributed by atoms with Gasteiger partial charge in [-0.1, -0.05) is 18.2 Å². The van der Waals surface area contributed by atoms with Crippen molar-refractivity contribution in [3.63, 3.8) is 0 Å². The molecule has 3 heterocycles. The monoisotopic (exact) mass is 475 g/mol. The van der Waals surface area contributed by atoms with Crippen molar-refractivity contribution in [2.45, 2.75) is 27.7 Å². The van der Waals surface area contributed by atoms with Crippen molar-refractivity contribution in [3.05, 3.63) is 71.4 Å². The third-order valence-electron chi connectivity index (χ3n) is 4.79. The zero-order valence-corrected chi connectivity index (χ0v) is 19.8. The van der Waals surface area contributed by atoms with Crippen molar-refractivity contribution < 1.29 is 19.1 Å². The van der Waals surface area contributed by atoms with Crippen molar-refractivity contribution in [2.75, 3.05) is 18.5 Å². The standard InChI is InChI=1S/C24H25N7O4/c1-5-34-23(33)22-19(13-30(29-22)18-9-7-6-8-10-18)35-14-21(32)27-20-12-17(4)28-31(20)24-25-15(2)11-16(3)26-24/h6-13H,5,14H2,1-4H3,(H,27,32). The Kier molecular flexibility index (Phi) is 6.86. The predicted octanol–water partition coefficient (Wildman–Crippen LogP) is 2.97. The summed E-state index contributed by atoms with van der Waals surface area (Å²) < 4.78 is 13.7. The number of anilines is 1. The number of aromatic nitrogens is 6. The van der Waals surface area contributed by atoms with E-state index in [2.05, 4.69) is 25.5 Å². The smallest absolute Gasteiger partial charge is 0.362 e. The fraction of sp³-hybridized carbons (Fsp3) is 0.250. The molecule has 0 fully saturated rings. The van der Waals surface area contributed by atoms with Crippen LogP contribution in [0.1, 0.15) is 34.5 Å². The largest absolute Gasteiger partial charge is 0.480 e. The fourth-order valence-corrected chi connectivity index (χ4v) is 3.38. The molecule has 0 aliphatic carbocycles. The van der Waals surface area contributed by atoms with E-state index in [1.807, 2.05) is 50.2 Å². The molecule has 1 N–H and O–H groups in total. The maximum Gasteiger partial charge on any atom is 0.362 e. The van der Waals surface area contributed by atoms with Gasteiger partial charge in [0, 0.05) is 17.5 Å². The van der Waals surface area contributed by atoms with Crippen LogP contribution in [0.2, 0.25) is 0 Å². The Hall–Kier alpha value is -4.54. The number of ether oxygens (including phenoxy) is 2. The average Bonchev–Trinajstić information content (AvgIpc) is 3.41. The summed E-state index contributed by atoms with van der Waals surface area (Å²) in [6.45, 7) is 7.03. The van der Waals surface area contributed by atoms with Crippen LogP contribution in [0.25, 0.3) is 11.6 Å². The van der Waals surface area contributed by atoms with Gasteiger partial charge in [-0.15, -0.1) is 0 Å². The van der Waals surface area contributed by atoms with Gasteiger partial charge in [0.2, 0.25) is 5.69 Å². The van der Waals surface area contributed by atoms with Gasteiger partial charge in [-0.2, -0.15) is 14.9 Å². The van der Waals surface area contributed by atoms with E-state index in [4.69, 9.17) is 9.47 Å². The number of rotatable bonds is 8. The highest BCUT2D eigenvalue weighted by molar-refractivity contribution is 5.92. The highest BCUT2D eigenvalue weighted by Gasteiger charge is 2.21. The number of hydrogen-bond donors (Lipinski definition) is 1. The van der Waals surface area contributed by atoms with Gasteiger partial charge in [0.05, 0.1) is 24.2 Å². The SMILES string of the molecule is CCOC(=O)c1nn(-c2ccccc2)cc1OCC(=O)Nc1cc(C)nn1-c1nc(C)cc(C)n1. The number of amides is 1. The first kappa shape index (κ1) is 23.6.